The van der Waals surface area contributed by atoms with E-state index < -0.39 is 0 Å². The number of aromatic nitrogens is 3. The average molecular weight is 365 g/mol. The number of nitrogens with one attached hydrogen (secondary N) is 1. The van der Waals surface area contributed by atoms with Crippen molar-refractivity contribution in [2.75, 3.05) is 12.3 Å². The second-order valence-corrected chi connectivity index (χ2v) is 6.48. The quantitative estimate of drug-likeness (QED) is 0.548. The third-order valence-electron chi connectivity index (χ3n) is 3.43. The van der Waals surface area contributed by atoms with Crippen molar-refractivity contribution in [3.05, 3.63) is 53.3 Å². The van der Waals surface area contributed by atoms with Crippen LogP contribution < -0.4 is 5.32 Å². The first-order valence-electron chi connectivity index (χ1n) is 7.81. The normalized spacial score (nSPS) is 10.6. The van der Waals surface area contributed by atoms with Crippen LogP contribution in [0.15, 0.2) is 42.1 Å². The standard InChI is InChI=1S/C17H21ClN4OS/c1-3-11-22-15(4-2)20-21-17(22)24-12-16(23)19-10-9-13-7-5-6-8-14(13)18/h3,5-8H,1,4,9-12H2,2H3,(H,19,23). The lowest BCUT2D eigenvalue weighted by molar-refractivity contribution is -0.118. The molecule has 2 rings (SSSR count). The molecule has 2 aromatic rings. The van der Waals surface area contributed by atoms with Crippen molar-refractivity contribution >= 4 is 29.3 Å². The summed E-state index contributed by atoms with van der Waals surface area (Å²) >= 11 is 7.49. The molecular formula is C17H21ClN4OS. The topological polar surface area (TPSA) is 59.8 Å². The van der Waals surface area contributed by atoms with E-state index in [4.69, 9.17) is 11.6 Å². The van der Waals surface area contributed by atoms with Crippen molar-refractivity contribution in [1.29, 1.82) is 0 Å². The highest BCUT2D eigenvalue weighted by Crippen LogP contribution is 2.17. The van der Waals surface area contributed by atoms with Crippen molar-refractivity contribution in [1.82, 2.24) is 20.1 Å². The zero-order valence-electron chi connectivity index (χ0n) is 13.7. The molecule has 7 heteroatoms. The van der Waals surface area contributed by atoms with Crippen molar-refractivity contribution in [2.45, 2.75) is 31.5 Å². The van der Waals surface area contributed by atoms with Crippen molar-refractivity contribution < 1.29 is 4.79 Å². The van der Waals surface area contributed by atoms with E-state index in [-0.39, 0.29) is 5.91 Å². The van der Waals surface area contributed by atoms with E-state index in [0.29, 0.717) is 25.3 Å². The number of benzene rings is 1. The number of aryl methyl sites for hydroxylation is 1. The van der Waals surface area contributed by atoms with E-state index in [1.807, 2.05) is 35.8 Å². The number of rotatable bonds is 9. The first-order chi connectivity index (χ1) is 11.7. The molecule has 5 nitrogen and oxygen atoms in total. The highest BCUT2D eigenvalue weighted by molar-refractivity contribution is 7.99. The summed E-state index contributed by atoms with van der Waals surface area (Å²) in [5.74, 6) is 1.18. The fourth-order valence-electron chi connectivity index (χ4n) is 2.22. The van der Waals surface area contributed by atoms with Gasteiger partial charge in [-0.25, -0.2) is 0 Å². The molecule has 1 amide bonds. The third kappa shape index (κ3) is 5.11. The van der Waals surface area contributed by atoms with Crippen molar-refractivity contribution in [3.8, 4) is 0 Å². The number of allylic oxidation sites excluding steroid dienone is 1. The number of amides is 1. The molecule has 0 aliphatic heterocycles. The van der Waals surface area contributed by atoms with E-state index in [1.165, 1.54) is 11.8 Å². The molecule has 0 saturated heterocycles. The summed E-state index contributed by atoms with van der Waals surface area (Å²) in [6.45, 7) is 6.98. The summed E-state index contributed by atoms with van der Waals surface area (Å²) in [4.78, 5) is 12.0. The van der Waals surface area contributed by atoms with Crippen LogP contribution in [0, 0.1) is 0 Å². The molecule has 0 radical (unpaired) electrons. The lowest BCUT2D eigenvalue weighted by Crippen LogP contribution is -2.27. The van der Waals surface area contributed by atoms with Crippen molar-refractivity contribution in [2.24, 2.45) is 0 Å². The Kier molecular flexibility index (Phi) is 7.34. The van der Waals surface area contributed by atoms with E-state index >= 15 is 0 Å². The minimum Gasteiger partial charge on any atom is -0.355 e. The van der Waals surface area contributed by atoms with Crippen LogP contribution >= 0.6 is 23.4 Å². The molecule has 1 aromatic carbocycles. The Morgan fingerprint density at radius 2 is 2.21 bits per heavy atom. The van der Waals surface area contributed by atoms with Gasteiger partial charge in [0.2, 0.25) is 5.91 Å². The van der Waals surface area contributed by atoms with Gasteiger partial charge in [0.25, 0.3) is 0 Å². The maximum absolute atomic E-state index is 12.0. The molecule has 1 aromatic heterocycles. The Labute approximate surface area is 151 Å². The predicted molar refractivity (Wildman–Crippen MR) is 98.5 cm³/mol. The minimum absolute atomic E-state index is 0.0294. The van der Waals surface area contributed by atoms with Gasteiger partial charge in [-0.15, -0.1) is 16.8 Å². The summed E-state index contributed by atoms with van der Waals surface area (Å²) in [6, 6.07) is 7.65. The smallest absolute Gasteiger partial charge is 0.230 e. The van der Waals surface area contributed by atoms with Gasteiger partial charge in [-0.05, 0) is 18.1 Å². The van der Waals surface area contributed by atoms with Crippen LogP contribution in [0.2, 0.25) is 5.02 Å². The zero-order valence-corrected chi connectivity index (χ0v) is 15.2. The van der Waals surface area contributed by atoms with E-state index in [1.54, 1.807) is 6.08 Å². The molecule has 128 valence electrons. The summed E-state index contributed by atoms with van der Waals surface area (Å²) in [5, 5.41) is 12.7. The Balaban J connectivity index is 1.80. The summed E-state index contributed by atoms with van der Waals surface area (Å²) in [6.07, 6.45) is 3.31. The van der Waals surface area contributed by atoms with Crippen LogP contribution in [-0.4, -0.2) is 33.0 Å². The lowest BCUT2D eigenvalue weighted by atomic mass is 10.1. The van der Waals surface area contributed by atoms with Gasteiger partial charge < -0.3 is 9.88 Å². The van der Waals surface area contributed by atoms with Gasteiger partial charge in [0.05, 0.1) is 5.75 Å². The van der Waals surface area contributed by atoms with Crippen LogP contribution in [0.25, 0.3) is 0 Å². The van der Waals surface area contributed by atoms with Crippen LogP contribution in [-0.2, 0) is 24.2 Å². The van der Waals surface area contributed by atoms with Gasteiger partial charge >= 0.3 is 0 Å². The largest absolute Gasteiger partial charge is 0.355 e. The molecule has 0 aliphatic rings. The molecule has 0 aliphatic carbocycles. The maximum Gasteiger partial charge on any atom is 0.230 e. The first kappa shape index (κ1) is 18.5. The van der Waals surface area contributed by atoms with Crippen LogP contribution in [0.5, 0.6) is 0 Å². The molecule has 1 heterocycles. The average Bonchev–Trinajstić information content (AvgIpc) is 2.97. The fraction of sp³-hybridized carbons (Fsp3) is 0.353. The van der Waals surface area contributed by atoms with Gasteiger partial charge in [-0.2, -0.15) is 0 Å². The van der Waals surface area contributed by atoms with Gasteiger partial charge in [-0.1, -0.05) is 54.6 Å². The van der Waals surface area contributed by atoms with E-state index in [0.717, 1.165) is 28.0 Å². The van der Waals surface area contributed by atoms with Crippen LogP contribution in [0.1, 0.15) is 18.3 Å². The lowest BCUT2D eigenvalue weighted by Gasteiger charge is -2.08. The number of hydrogen-bond acceptors (Lipinski definition) is 4. The number of carbonyl (C=O) groups excluding carboxylic acids is 1. The number of carbonyl (C=O) groups is 1. The van der Waals surface area contributed by atoms with E-state index in [9.17, 15) is 4.79 Å². The Morgan fingerprint density at radius 3 is 2.92 bits per heavy atom. The van der Waals surface area contributed by atoms with Gasteiger partial charge in [0.15, 0.2) is 5.16 Å². The number of halogens is 1. The highest BCUT2D eigenvalue weighted by Gasteiger charge is 2.12. The maximum atomic E-state index is 12.0. The molecule has 0 fully saturated rings. The second kappa shape index (κ2) is 9.49. The third-order valence-corrected chi connectivity index (χ3v) is 4.76. The highest BCUT2D eigenvalue weighted by atomic mass is 35.5. The van der Waals surface area contributed by atoms with Crippen molar-refractivity contribution in [3.63, 3.8) is 0 Å². The summed E-state index contributed by atoms with van der Waals surface area (Å²) in [5.41, 5.74) is 1.03. The molecule has 0 spiro atoms. The molecule has 0 atom stereocenters. The Morgan fingerprint density at radius 1 is 1.42 bits per heavy atom. The Bertz CT molecular complexity index is 702. The summed E-state index contributed by atoms with van der Waals surface area (Å²) < 4.78 is 1.98. The monoisotopic (exact) mass is 364 g/mol. The molecule has 1 N–H and O–H groups in total. The molecule has 24 heavy (non-hydrogen) atoms. The summed E-state index contributed by atoms with van der Waals surface area (Å²) in [7, 11) is 0. The molecule has 0 unspecified atom stereocenters. The number of thioether (sulfide) groups is 1. The second-order valence-electron chi connectivity index (χ2n) is 5.13. The first-order valence-corrected chi connectivity index (χ1v) is 9.18. The van der Waals surface area contributed by atoms with Crippen LogP contribution in [0.3, 0.4) is 0 Å². The van der Waals surface area contributed by atoms with Crippen LogP contribution in [0.4, 0.5) is 0 Å². The molecule has 0 bridgehead atoms. The van der Waals surface area contributed by atoms with Gasteiger partial charge in [0.1, 0.15) is 5.82 Å². The number of hydrogen-bond donors (Lipinski definition) is 1. The SMILES string of the molecule is C=CCn1c(CC)nnc1SCC(=O)NCCc1ccccc1Cl. The minimum atomic E-state index is -0.0294. The predicted octanol–water partition coefficient (Wildman–Crippen LogP) is 3.13. The van der Waals surface area contributed by atoms with Gasteiger partial charge in [0, 0.05) is 24.5 Å². The zero-order chi connectivity index (χ0) is 17.4. The molecule has 0 saturated carbocycles. The van der Waals surface area contributed by atoms with Gasteiger partial charge in [-0.3, -0.25) is 4.79 Å². The van der Waals surface area contributed by atoms with E-state index in [2.05, 4.69) is 22.1 Å². The number of nitrogens with zero attached hydrogens (tertiary/aromatic N) is 3. The fourth-order valence-corrected chi connectivity index (χ4v) is 3.25. The Hall–Kier alpha value is -1.79. The molecular weight excluding hydrogens is 344 g/mol.